The van der Waals surface area contributed by atoms with E-state index in [2.05, 4.69) is 20.5 Å². The van der Waals surface area contributed by atoms with Crippen molar-refractivity contribution in [3.8, 4) is 5.75 Å². The molecule has 14 heteroatoms. The number of phenolic OH excluding ortho intramolecular Hbond substituents is 1. The maximum Gasteiger partial charge on any atom is 0.318 e. The number of ether oxygens (including phenoxy) is 1. The number of rotatable bonds is 6. The minimum atomic E-state index is -0.954. The highest BCUT2D eigenvalue weighted by Crippen LogP contribution is 2.33. The summed E-state index contributed by atoms with van der Waals surface area (Å²) in [6, 6.07) is 1.55. The molecular weight excluding hydrogens is 393 g/mol. The Balaban J connectivity index is 1.83. The summed E-state index contributed by atoms with van der Waals surface area (Å²) in [7, 11) is 0. The van der Waals surface area contributed by atoms with Gasteiger partial charge in [-0.05, 0) is 0 Å². The number of nitrogens with one attached hydrogen (secondary N) is 1. The van der Waals surface area contributed by atoms with Gasteiger partial charge < -0.3 is 14.7 Å². The fraction of sp³-hybridized carbons (Fsp3) is 0.267. The highest BCUT2D eigenvalue weighted by Gasteiger charge is 2.23. The van der Waals surface area contributed by atoms with Crippen LogP contribution >= 0.6 is 0 Å². The van der Waals surface area contributed by atoms with E-state index in [1.807, 2.05) is 0 Å². The molecule has 0 bridgehead atoms. The van der Waals surface area contributed by atoms with E-state index in [0.717, 1.165) is 18.5 Å². The number of nitro benzene ring substituents is 2. The van der Waals surface area contributed by atoms with Gasteiger partial charge in [0.25, 0.3) is 5.69 Å². The third-order valence-corrected chi connectivity index (χ3v) is 3.92. The van der Waals surface area contributed by atoms with Crippen LogP contribution in [-0.2, 0) is 4.74 Å². The summed E-state index contributed by atoms with van der Waals surface area (Å²) in [4.78, 5) is 29.5. The Morgan fingerprint density at radius 1 is 1.28 bits per heavy atom. The number of nitro groups is 2. The van der Waals surface area contributed by atoms with Crippen LogP contribution in [0.1, 0.15) is 5.56 Å². The van der Waals surface area contributed by atoms with E-state index >= 15 is 0 Å². The van der Waals surface area contributed by atoms with E-state index in [-0.39, 0.29) is 17.3 Å². The van der Waals surface area contributed by atoms with Gasteiger partial charge in [-0.1, -0.05) is 0 Å². The van der Waals surface area contributed by atoms with Crippen LogP contribution in [0.3, 0.4) is 0 Å². The molecule has 1 aromatic heterocycles. The van der Waals surface area contributed by atoms with Crippen molar-refractivity contribution in [1.82, 2.24) is 9.97 Å². The van der Waals surface area contributed by atoms with Crippen LogP contribution in [0.4, 0.5) is 27.5 Å². The molecule has 2 heterocycles. The van der Waals surface area contributed by atoms with Crippen LogP contribution < -0.4 is 10.3 Å². The van der Waals surface area contributed by atoms with Crippen molar-refractivity contribution in [3.05, 3.63) is 49.9 Å². The van der Waals surface area contributed by atoms with Gasteiger partial charge in [-0.15, -0.1) is 0 Å². The minimum Gasteiger partial charge on any atom is -0.502 e. The predicted molar refractivity (Wildman–Crippen MR) is 97.7 cm³/mol. The van der Waals surface area contributed by atoms with Crippen molar-refractivity contribution in [1.29, 1.82) is 0 Å². The van der Waals surface area contributed by atoms with Crippen molar-refractivity contribution in [3.63, 3.8) is 0 Å². The summed E-state index contributed by atoms with van der Waals surface area (Å²) in [5.41, 5.74) is 0.693. The highest BCUT2D eigenvalue weighted by atomic mass is 19.1. The lowest BCUT2D eigenvalue weighted by atomic mass is 10.1. The molecule has 2 N–H and O–H groups in total. The minimum absolute atomic E-state index is 0.0508. The van der Waals surface area contributed by atoms with Crippen molar-refractivity contribution < 1.29 is 24.1 Å². The van der Waals surface area contributed by atoms with Gasteiger partial charge in [-0.2, -0.15) is 10.1 Å². The average molecular weight is 407 g/mol. The van der Waals surface area contributed by atoms with E-state index in [0.29, 0.717) is 32.4 Å². The number of morpholine rings is 1. The number of aromatic nitrogens is 2. The zero-order valence-corrected chi connectivity index (χ0v) is 14.7. The summed E-state index contributed by atoms with van der Waals surface area (Å²) in [5, 5.41) is 35.5. The number of hydrazone groups is 1. The number of phenols is 1. The van der Waals surface area contributed by atoms with E-state index in [4.69, 9.17) is 4.74 Å². The van der Waals surface area contributed by atoms with Crippen LogP contribution in [0.15, 0.2) is 23.4 Å². The number of nitrogens with zero attached hydrogens (tertiary/aromatic N) is 6. The van der Waals surface area contributed by atoms with E-state index < -0.39 is 32.8 Å². The van der Waals surface area contributed by atoms with E-state index in [1.165, 1.54) is 0 Å². The van der Waals surface area contributed by atoms with Crippen molar-refractivity contribution in [2.24, 2.45) is 5.10 Å². The average Bonchev–Trinajstić information content (AvgIpc) is 2.70. The first kappa shape index (κ1) is 19.8. The van der Waals surface area contributed by atoms with Crippen molar-refractivity contribution in [2.45, 2.75) is 0 Å². The van der Waals surface area contributed by atoms with Gasteiger partial charge in [0.2, 0.25) is 11.7 Å². The number of hydrogen-bond acceptors (Lipinski definition) is 11. The molecule has 29 heavy (non-hydrogen) atoms. The van der Waals surface area contributed by atoms with Gasteiger partial charge in [0.1, 0.15) is 0 Å². The number of anilines is 2. The molecular formula is C15H14FN7O6. The van der Waals surface area contributed by atoms with Gasteiger partial charge in [0, 0.05) is 19.2 Å². The van der Waals surface area contributed by atoms with Crippen LogP contribution in [0, 0.1) is 26.0 Å². The Hall–Kier alpha value is -3.94. The van der Waals surface area contributed by atoms with Gasteiger partial charge in [0.05, 0.1) is 47.1 Å². The number of halogens is 1. The molecule has 0 amide bonds. The maximum atomic E-state index is 14.0. The topological polar surface area (TPSA) is 169 Å². The maximum absolute atomic E-state index is 14.0. The zero-order chi connectivity index (χ0) is 21.0. The lowest BCUT2D eigenvalue weighted by molar-refractivity contribution is -0.394. The Morgan fingerprint density at radius 2 is 2.00 bits per heavy atom. The molecule has 1 aliphatic heterocycles. The molecule has 152 valence electrons. The molecule has 1 fully saturated rings. The van der Waals surface area contributed by atoms with Gasteiger partial charge in [0.15, 0.2) is 11.6 Å². The van der Waals surface area contributed by atoms with Crippen molar-refractivity contribution in [2.75, 3.05) is 36.6 Å². The summed E-state index contributed by atoms with van der Waals surface area (Å²) >= 11 is 0. The highest BCUT2D eigenvalue weighted by molar-refractivity contribution is 5.87. The Bertz CT molecular complexity index is 980. The molecule has 1 saturated heterocycles. The van der Waals surface area contributed by atoms with Crippen LogP contribution in [0.25, 0.3) is 0 Å². The summed E-state index contributed by atoms with van der Waals surface area (Å²) < 4.78 is 19.2. The standard InChI is InChI=1S/C15H14FN7O6/c16-11-8-17-15(19-14(11)21-1-3-29-4-2-21)20-18-7-9-5-10(22(25)26)6-12(13(9)24)23(27)28/h5-8,24H,1-4H2,(H,17,19,20)/b18-7+. The second kappa shape index (κ2) is 8.39. The fourth-order valence-corrected chi connectivity index (χ4v) is 2.54. The van der Waals surface area contributed by atoms with Crippen molar-refractivity contribution >= 4 is 29.4 Å². The molecule has 0 aliphatic carbocycles. The lowest BCUT2D eigenvalue weighted by Gasteiger charge is -2.27. The normalized spacial score (nSPS) is 14.2. The molecule has 1 aromatic carbocycles. The first-order valence-electron chi connectivity index (χ1n) is 8.17. The molecule has 0 saturated carbocycles. The summed E-state index contributed by atoms with van der Waals surface area (Å²) in [6.45, 7) is 1.74. The lowest BCUT2D eigenvalue weighted by Crippen LogP contribution is -2.37. The molecule has 0 radical (unpaired) electrons. The van der Waals surface area contributed by atoms with E-state index in [9.17, 15) is 29.7 Å². The predicted octanol–water partition coefficient (Wildman–Crippen LogP) is 1.42. The van der Waals surface area contributed by atoms with Gasteiger partial charge in [-0.3, -0.25) is 20.2 Å². The first-order chi connectivity index (χ1) is 13.9. The van der Waals surface area contributed by atoms with Crippen LogP contribution in [0.5, 0.6) is 5.75 Å². The molecule has 0 unspecified atom stereocenters. The van der Waals surface area contributed by atoms with Gasteiger partial charge >= 0.3 is 5.69 Å². The quantitative estimate of drug-likeness (QED) is 0.405. The summed E-state index contributed by atoms with van der Waals surface area (Å²) in [6.07, 6.45) is 1.88. The summed E-state index contributed by atoms with van der Waals surface area (Å²) in [5.74, 6) is -1.45. The van der Waals surface area contributed by atoms with E-state index in [1.54, 1.807) is 4.90 Å². The molecule has 0 atom stereocenters. The molecule has 3 rings (SSSR count). The molecule has 1 aliphatic rings. The zero-order valence-electron chi connectivity index (χ0n) is 14.7. The SMILES string of the molecule is O=[N+]([O-])c1cc(/C=N/Nc2ncc(F)c(N3CCOCC3)n2)c(O)c([N+](=O)[O-])c1. The first-order valence-corrected chi connectivity index (χ1v) is 8.17. The fourth-order valence-electron chi connectivity index (χ4n) is 2.54. The largest absolute Gasteiger partial charge is 0.502 e. The number of non-ortho nitro benzene ring substituents is 1. The monoisotopic (exact) mass is 407 g/mol. The molecule has 0 spiro atoms. The second-order valence-electron chi connectivity index (χ2n) is 5.75. The van der Waals surface area contributed by atoms with Crippen LogP contribution in [-0.4, -0.2) is 57.4 Å². The van der Waals surface area contributed by atoms with Crippen LogP contribution in [0.2, 0.25) is 0 Å². The Labute approximate surface area is 161 Å². The molecule has 2 aromatic rings. The second-order valence-corrected chi connectivity index (χ2v) is 5.75. The number of hydrogen-bond donors (Lipinski definition) is 2. The third kappa shape index (κ3) is 4.49. The smallest absolute Gasteiger partial charge is 0.318 e. The Morgan fingerprint density at radius 3 is 2.66 bits per heavy atom. The molecule has 13 nitrogen and oxygen atoms in total. The van der Waals surface area contributed by atoms with Gasteiger partial charge in [-0.25, -0.2) is 14.8 Å². The number of aromatic hydroxyl groups is 1. The number of benzene rings is 1. The third-order valence-electron chi connectivity index (χ3n) is 3.92. The Kier molecular flexibility index (Phi) is 5.73.